The fourth-order valence-electron chi connectivity index (χ4n) is 2.91. The van der Waals surface area contributed by atoms with Crippen molar-refractivity contribution in [3.63, 3.8) is 0 Å². The zero-order chi connectivity index (χ0) is 20.1. The molecule has 0 amide bonds. The number of nitrogens with one attached hydrogen (secondary N) is 1. The van der Waals surface area contributed by atoms with Gasteiger partial charge in [0, 0.05) is 24.0 Å². The first-order chi connectivity index (χ1) is 14.1. The molecule has 29 heavy (non-hydrogen) atoms. The molecule has 1 aliphatic rings. The first kappa shape index (κ1) is 19.7. The van der Waals surface area contributed by atoms with Crippen LogP contribution in [0.2, 0.25) is 0 Å². The quantitative estimate of drug-likeness (QED) is 0.481. The number of hydrazone groups is 1. The van der Waals surface area contributed by atoms with E-state index in [0.29, 0.717) is 37.1 Å². The van der Waals surface area contributed by atoms with Gasteiger partial charge in [0.1, 0.15) is 0 Å². The van der Waals surface area contributed by atoms with E-state index in [1.807, 2.05) is 41.8 Å². The number of aromatic nitrogens is 1. The molecular weight excluding hydrogens is 408 g/mol. The molecule has 0 unspecified atom stereocenters. The maximum absolute atomic E-state index is 12.9. The molecule has 0 saturated carbocycles. The number of ether oxygens (including phenoxy) is 1. The van der Waals surface area contributed by atoms with Gasteiger partial charge in [0.2, 0.25) is 15.2 Å². The minimum atomic E-state index is -3.54. The van der Waals surface area contributed by atoms with Crippen molar-refractivity contribution in [1.29, 1.82) is 0 Å². The van der Waals surface area contributed by atoms with Crippen LogP contribution in [0.1, 0.15) is 5.56 Å². The van der Waals surface area contributed by atoms with E-state index in [9.17, 15) is 8.42 Å². The second-order valence-electron chi connectivity index (χ2n) is 6.36. The molecule has 0 bridgehead atoms. The van der Waals surface area contributed by atoms with Crippen LogP contribution < -0.4 is 5.43 Å². The highest BCUT2D eigenvalue weighted by Crippen LogP contribution is 2.28. The van der Waals surface area contributed by atoms with Gasteiger partial charge in [-0.1, -0.05) is 42.5 Å². The lowest BCUT2D eigenvalue weighted by Gasteiger charge is -2.26. The van der Waals surface area contributed by atoms with E-state index in [4.69, 9.17) is 4.74 Å². The van der Waals surface area contributed by atoms with Gasteiger partial charge in [0.25, 0.3) is 0 Å². The SMILES string of the molecule is O=S(=O)(c1cccc(-c2csc(N/N=C/c3ccccc3)n2)c1)N1CCOCC1. The van der Waals surface area contributed by atoms with Crippen LogP contribution in [0.4, 0.5) is 5.13 Å². The second kappa shape index (κ2) is 8.83. The fourth-order valence-corrected chi connectivity index (χ4v) is 5.03. The van der Waals surface area contributed by atoms with Crippen LogP contribution in [0.25, 0.3) is 11.3 Å². The molecule has 9 heteroatoms. The highest BCUT2D eigenvalue weighted by molar-refractivity contribution is 7.89. The maximum atomic E-state index is 12.9. The van der Waals surface area contributed by atoms with Crippen LogP contribution in [0, 0.1) is 0 Å². The van der Waals surface area contributed by atoms with Gasteiger partial charge < -0.3 is 4.74 Å². The zero-order valence-electron chi connectivity index (χ0n) is 15.6. The third-order valence-electron chi connectivity index (χ3n) is 4.42. The molecule has 2 aromatic carbocycles. The molecule has 1 aliphatic heterocycles. The van der Waals surface area contributed by atoms with E-state index < -0.39 is 10.0 Å². The Bertz CT molecular complexity index is 1090. The average Bonchev–Trinajstić information content (AvgIpc) is 3.24. The average molecular weight is 429 g/mol. The number of thiazole rings is 1. The molecule has 3 aromatic rings. The Morgan fingerprint density at radius 1 is 1.10 bits per heavy atom. The summed E-state index contributed by atoms with van der Waals surface area (Å²) in [7, 11) is -3.54. The van der Waals surface area contributed by atoms with E-state index in [-0.39, 0.29) is 4.90 Å². The van der Waals surface area contributed by atoms with Gasteiger partial charge in [0.05, 0.1) is 30.0 Å². The van der Waals surface area contributed by atoms with E-state index >= 15 is 0 Å². The maximum Gasteiger partial charge on any atom is 0.243 e. The van der Waals surface area contributed by atoms with E-state index in [2.05, 4.69) is 15.5 Å². The third kappa shape index (κ3) is 4.70. The molecule has 1 aromatic heterocycles. The first-order valence-corrected chi connectivity index (χ1v) is 11.4. The predicted molar refractivity (Wildman–Crippen MR) is 115 cm³/mol. The van der Waals surface area contributed by atoms with Crippen molar-refractivity contribution in [2.75, 3.05) is 31.7 Å². The number of hydrogen-bond acceptors (Lipinski definition) is 7. The third-order valence-corrected chi connectivity index (χ3v) is 7.06. The van der Waals surface area contributed by atoms with Crippen LogP contribution in [-0.2, 0) is 14.8 Å². The lowest BCUT2D eigenvalue weighted by atomic mass is 10.2. The van der Waals surface area contributed by atoms with Gasteiger partial charge in [-0.2, -0.15) is 9.41 Å². The van der Waals surface area contributed by atoms with Crippen molar-refractivity contribution in [2.24, 2.45) is 5.10 Å². The van der Waals surface area contributed by atoms with Gasteiger partial charge in [0.15, 0.2) is 0 Å². The minimum Gasteiger partial charge on any atom is -0.379 e. The summed E-state index contributed by atoms with van der Waals surface area (Å²) in [5.41, 5.74) is 5.35. The molecule has 4 rings (SSSR count). The number of hydrogen-bond donors (Lipinski definition) is 1. The number of rotatable bonds is 6. The standard InChI is InChI=1S/C20H20N4O3S2/c25-29(26,24-9-11-27-12-10-24)18-8-4-7-17(13-18)19-15-28-20(22-19)23-21-14-16-5-2-1-3-6-16/h1-8,13-15H,9-12H2,(H,22,23)/b21-14+. The van der Waals surface area contributed by atoms with E-state index in [1.54, 1.807) is 24.4 Å². The molecular formula is C20H20N4O3S2. The van der Waals surface area contributed by atoms with Crippen molar-refractivity contribution in [3.8, 4) is 11.3 Å². The Hall–Kier alpha value is -2.59. The molecule has 7 nitrogen and oxygen atoms in total. The summed E-state index contributed by atoms with van der Waals surface area (Å²) in [4.78, 5) is 4.78. The molecule has 0 atom stereocenters. The normalized spacial score (nSPS) is 15.6. The predicted octanol–water partition coefficient (Wildman–Crippen LogP) is 3.28. The lowest BCUT2D eigenvalue weighted by Crippen LogP contribution is -2.40. The molecule has 1 saturated heterocycles. The summed E-state index contributed by atoms with van der Waals surface area (Å²) in [6, 6.07) is 16.6. The zero-order valence-corrected chi connectivity index (χ0v) is 17.2. The summed E-state index contributed by atoms with van der Waals surface area (Å²) >= 11 is 1.41. The van der Waals surface area contributed by atoms with Crippen LogP contribution in [0.5, 0.6) is 0 Å². The molecule has 0 spiro atoms. The highest BCUT2D eigenvalue weighted by Gasteiger charge is 2.26. The van der Waals surface area contributed by atoms with Gasteiger partial charge in [-0.15, -0.1) is 11.3 Å². The summed E-state index contributed by atoms with van der Waals surface area (Å²) in [6.45, 7) is 1.58. The van der Waals surface area contributed by atoms with E-state index in [1.165, 1.54) is 15.6 Å². The molecule has 1 N–H and O–H groups in total. The first-order valence-electron chi connectivity index (χ1n) is 9.11. The molecule has 150 valence electrons. The summed E-state index contributed by atoms with van der Waals surface area (Å²) in [5.74, 6) is 0. The van der Waals surface area contributed by atoms with Gasteiger partial charge in [-0.25, -0.2) is 13.4 Å². The Morgan fingerprint density at radius 3 is 2.69 bits per heavy atom. The monoisotopic (exact) mass is 428 g/mol. The van der Waals surface area contributed by atoms with Gasteiger partial charge in [-0.3, -0.25) is 5.43 Å². The van der Waals surface area contributed by atoms with Crippen molar-refractivity contribution in [2.45, 2.75) is 4.90 Å². The Kier molecular flexibility index (Phi) is 6.00. The number of nitrogens with zero attached hydrogens (tertiary/aromatic N) is 3. The largest absolute Gasteiger partial charge is 0.379 e. The Labute approximate surface area is 173 Å². The van der Waals surface area contributed by atoms with Crippen LogP contribution in [-0.4, -0.2) is 50.2 Å². The van der Waals surface area contributed by atoms with Crippen LogP contribution in [0.15, 0.2) is 70.0 Å². The number of sulfonamides is 1. The summed E-state index contributed by atoms with van der Waals surface area (Å²) in [5, 5.41) is 6.70. The van der Waals surface area contributed by atoms with Crippen molar-refractivity contribution >= 4 is 32.7 Å². The van der Waals surface area contributed by atoms with Gasteiger partial charge >= 0.3 is 0 Å². The Morgan fingerprint density at radius 2 is 1.90 bits per heavy atom. The van der Waals surface area contributed by atoms with Crippen LogP contribution in [0.3, 0.4) is 0 Å². The lowest BCUT2D eigenvalue weighted by molar-refractivity contribution is 0.0730. The van der Waals surface area contributed by atoms with Crippen molar-refractivity contribution in [1.82, 2.24) is 9.29 Å². The molecule has 1 fully saturated rings. The van der Waals surface area contributed by atoms with E-state index in [0.717, 1.165) is 11.1 Å². The van der Waals surface area contributed by atoms with Crippen LogP contribution >= 0.6 is 11.3 Å². The molecule has 0 aliphatic carbocycles. The smallest absolute Gasteiger partial charge is 0.243 e. The van der Waals surface area contributed by atoms with Gasteiger partial charge in [-0.05, 0) is 17.7 Å². The Balaban J connectivity index is 1.49. The number of anilines is 1. The highest BCUT2D eigenvalue weighted by atomic mass is 32.2. The second-order valence-corrected chi connectivity index (χ2v) is 9.16. The fraction of sp³-hybridized carbons (Fsp3) is 0.200. The van der Waals surface area contributed by atoms with Crippen molar-refractivity contribution in [3.05, 3.63) is 65.5 Å². The molecule has 2 heterocycles. The summed E-state index contributed by atoms with van der Waals surface area (Å²) < 4.78 is 32.5. The molecule has 0 radical (unpaired) electrons. The number of morpholine rings is 1. The summed E-state index contributed by atoms with van der Waals surface area (Å²) in [6.07, 6.45) is 1.72. The minimum absolute atomic E-state index is 0.265. The topological polar surface area (TPSA) is 83.9 Å². The van der Waals surface area contributed by atoms with Crippen molar-refractivity contribution < 1.29 is 13.2 Å². The number of benzene rings is 2.